The Morgan fingerprint density at radius 1 is 1.38 bits per heavy atom. The molecule has 1 aliphatic carbocycles. The van der Waals surface area contributed by atoms with E-state index in [1.807, 2.05) is 32.9 Å². The Kier molecular flexibility index (Phi) is 2.58. The molecule has 0 aliphatic heterocycles. The van der Waals surface area contributed by atoms with Crippen molar-refractivity contribution in [2.24, 2.45) is 5.41 Å². The lowest BCUT2D eigenvalue weighted by atomic mass is 9.64. The number of phenols is 1. The highest BCUT2D eigenvalue weighted by atomic mass is 16.3. The van der Waals surface area contributed by atoms with Crippen LogP contribution in [0.1, 0.15) is 25.8 Å². The summed E-state index contributed by atoms with van der Waals surface area (Å²) in [4.78, 5) is 0. The van der Waals surface area contributed by atoms with E-state index < -0.39 is 0 Å². The van der Waals surface area contributed by atoms with Gasteiger partial charge in [-0.25, -0.2) is 0 Å². The summed E-state index contributed by atoms with van der Waals surface area (Å²) in [7, 11) is 0. The van der Waals surface area contributed by atoms with Gasteiger partial charge < -0.3 is 15.5 Å². The van der Waals surface area contributed by atoms with Gasteiger partial charge in [0, 0.05) is 23.2 Å². The Morgan fingerprint density at radius 2 is 2.06 bits per heavy atom. The van der Waals surface area contributed by atoms with Crippen LogP contribution >= 0.6 is 0 Å². The Balaban J connectivity index is 2.08. The normalized spacial score (nSPS) is 27.2. The fraction of sp³-hybridized carbons (Fsp3) is 0.538. The van der Waals surface area contributed by atoms with Crippen LogP contribution in [0.2, 0.25) is 0 Å². The molecule has 3 N–H and O–H groups in total. The van der Waals surface area contributed by atoms with Crippen molar-refractivity contribution in [2.75, 3.05) is 5.32 Å². The summed E-state index contributed by atoms with van der Waals surface area (Å²) in [5.41, 5.74) is 1.69. The topological polar surface area (TPSA) is 52.5 Å². The number of hydrogen-bond acceptors (Lipinski definition) is 3. The first-order valence-corrected chi connectivity index (χ1v) is 5.65. The number of rotatable bonds is 2. The summed E-state index contributed by atoms with van der Waals surface area (Å²) in [5.74, 6) is 0.308. The van der Waals surface area contributed by atoms with Gasteiger partial charge in [-0.2, -0.15) is 0 Å². The van der Waals surface area contributed by atoms with Crippen LogP contribution in [0, 0.1) is 12.3 Å². The van der Waals surface area contributed by atoms with E-state index in [2.05, 4.69) is 5.32 Å². The lowest BCUT2D eigenvalue weighted by molar-refractivity contribution is -0.0510. The predicted octanol–water partition coefficient (Wildman–Crippen LogP) is 2.27. The zero-order valence-corrected chi connectivity index (χ0v) is 9.99. The summed E-state index contributed by atoms with van der Waals surface area (Å²) in [6, 6.07) is 5.84. The lowest BCUT2D eigenvalue weighted by Gasteiger charge is -2.49. The highest BCUT2D eigenvalue weighted by Crippen LogP contribution is 2.42. The molecule has 0 spiro atoms. The quantitative estimate of drug-likeness (QED) is 0.718. The van der Waals surface area contributed by atoms with Gasteiger partial charge in [0.1, 0.15) is 5.75 Å². The van der Waals surface area contributed by atoms with Crippen LogP contribution < -0.4 is 5.32 Å². The Bertz CT molecular complexity index is 401. The van der Waals surface area contributed by atoms with Crippen molar-refractivity contribution in [2.45, 2.75) is 39.3 Å². The number of aromatic hydroxyl groups is 1. The molecule has 2 rings (SSSR count). The van der Waals surface area contributed by atoms with Gasteiger partial charge in [0.2, 0.25) is 0 Å². The number of aryl methyl sites for hydroxylation is 1. The smallest absolute Gasteiger partial charge is 0.120 e. The molecule has 1 fully saturated rings. The minimum absolute atomic E-state index is 0.0967. The molecular formula is C13H19NO2. The van der Waals surface area contributed by atoms with E-state index in [0.29, 0.717) is 5.75 Å². The molecule has 0 saturated heterocycles. The third-order valence-corrected chi connectivity index (χ3v) is 3.77. The molecule has 0 radical (unpaired) electrons. The predicted molar refractivity (Wildman–Crippen MR) is 64.7 cm³/mol. The van der Waals surface area contributed by atoms with E-state index in [1.54, 1.807) is 6.07 Å². The number of benzene rings is 1. The molecule has 0 aromatic heterocycles. The van der Waals surface area contributed by atoms with E-state index in [0.717, 1.165) is 17.7 Å². The molecule has 1 aromatic rings. The van der Waals surface area contributed by atoms with Crippen LogP contribution in [0.15, 0.2) is 18.2 Å². The number of phenolic OH excluding ortho intramolecular Hbond substituents is 1. The molecule has 1 aromatic carbocycles. The van der Waals surface area contributed by atoms with Crippen molar-refractivity contribution >= 4 is 5.69 Å². The fourth-order valence-electron chi connectivity index (χ4n) is 2.05. The molecule has 3 heteroatoms. The summed E-state index contributed by atoms with van der Waals surface area (Å²) in [5, 5.41) is 22.6. The van der Waals surface area contributed by atoms with Gasteiger partial charge in [-0.05, 0) is 25.0 Å². The van der Waals surface area contributed by atoms with Gasteiger partial charge in [0.25, 0.3) is 0 Å². The zero-order valence-electron chi connectivity index (χ0n) is 9.99. The maximum atomic E-state index is 9.63. The van der Waals surface area contributed by atoms with Crippen molar-refractivity contribution < 1.29 is 10.2 Å². The fourth-order valence-corrected chi connectivity index (χ4v) is 2.05. The second kappa shape index (κ2) is 3.67. The van der Waals surface area contributed by atoms with E-state index in [9.17, 15) is 10.2 Å². The molecular weight excluding hydrogens is 202 g/mol. The number of aliphatic hydroxyl groups excluding tert-OH is 1. The average Bonchev–Trinajstić information content (AvgIpc) is 2.23. The van der Waals surface area contributed by atoms with Gasteiger partial charge in [0.15, 0.2) is 0 Å². The van der Waals surface area contributed by atoms with Crippen molar-refractivity contribution in [3.8, 4) is 5.75 Å². The first-order chi connectivity index (χ1) is 7.41. The third-order valence-electron chi connectivity index (χ3n) is 3.77. The number of nitrogens with one attached hydrogen (secondary N) is 1. The Morgan fingerprint density at radius 3 is 2.56 bits per heavy atom. The minimum Gasteiger partial charge on any atom is -0.508 e. The van der Waals surface area contributed by atoms with E-state index in [-0.39, 0.29) is 17.6 Å². The number of aliphatic hydroxyl groups is 1. The van der Waals surface area contributed by atoms with E-state index in [1.165, 1.54) is 0 Å². The maximum Gasteiger partial charge on any atom is 0.120 e. The van der Waals surface area contributed by atoms with Crippen LogP contribution in [0.25, 0.3) is 0 Å². The van der Waals surface area contributed by atoms with Crippen molar-refractivity contribution in [3.05, 3.63) is 23.8 Å². The SMILES string of the molecule is Cc1ccc(NC2CC(O)C2(C)C)cc1O. The van der Waals surface area contributed by atoms with Crippen molar-refractivity contribution in [1.82, 2.24) is 0 Å². The second-order valence-electron chi connectivity index (χ2n) is 5.27. The Labute approximate surface area is 96.1 Å². The molecule has 1 saturated carbocycles. The summed E-state index contributed by atoms with van der Waals surface area (Å²) in [6.45, 7) is 5.97. The lowest BCUT2D eigenvalue weighted by Crippen LogP contribution is -2.56. The minimum atomic E-state index is -0.232. The van der Waals surface area contributed by atoms with Gasteiger partial charge in [-0.3, -0.25) is 0 Å². The number of hydrogen-bond donors (Lipinski definition) is 3. The molecule has 16 heavy (non-hydrogen) atoms. The Hall–Kier alpha value is -1.22. The summed E-state index contributed by atoms with van der Waals surface area (Å²) in [6.07, 6.45) is 0.533. The van der Waals surface area contributed by atoms with Gasteiger partial charge in [-0.1, -0.05) is 19.9 Å². The molecule has 88 valence electrons. The van der Waals surface area contributed by atoms with Crippen LogP contribution in [-0.2, 0) is 0 Å². The van der Waals surface area contributed by atoms with Crippen LogP contribution in [0.3, 0.4) is 0 Å². The van der Waals surface area contributed by atoms with Gasteiger partial charge in [-0.15, -0.1) is 0 Å². The third kappa shape index (κ3) is 1.76. The average molecular weight is 221 g/mol. The standard InChI is InChI=1S/C13H19NO2/c1-8-4-5-9(6-10(8)15)14-11-7-12(16)13(11,2)3/h4-6,11-12,14-16H,7H2,1-3H3. The molecule has 2 unspecified atom stereocenters. The molecule has 2 atom stereocenters. The van der Waals surface area contributed by atoms with Crippen LogP contribution in [-0.4, -0.2) is 22.4 Å². The van der Waals surface area contributed by atoms with Crippen LogP contribution in [0.4, 0.5) is 5.69 Å². The summed E-state index contributed by atoms with van der Waals surface area (Å²) >= 11 is 0. The first kappa shape index (κ1) is 11.3. The molecule has 1 aliphatic rings. The maximum absolute atomic E-state index is 9.63. The van der Waals surface area contributed by atoms with Crippen molar-refractivity contribution in [1.29, 1.82) is 0 Å². The van der Waals surface area contributed by atoms with Gasteiger partial charge >= 0.3 is 0 Å². The van der Waals surface area contributed by atoms with Gasteiger partial charge in [0.05, 0.1) is 6.10 Å². The highest BCUT2D eigenvalue weighted by Gasteiger charge is 2.47. The van der Waals surface area contributed by atoms with Crippen molar-refractivity contribution in [3.63, 3.8) is 0 Å². The summed E-state index contributed by atoms with van der Waals surface area (Å²) < 4.78 is 0. The molecule has 0 amide bonds. The molecule has 3 nitrogen and oxygen atoms in total. The van der Waals surface area contributed by atoms with E-state index >= 15 is 0 Å². The van der Waals surface area contributed by atoms with Crippen LogP contribution in [0.5, 0.6) is 5.75 Å². The molecule has 0 heterocycles. The van der Waals surface area contributed by atoms with E-state index in [4.69, 9.17) is 0 Å². The number of anilines is 1. The first-order valence-electron chi connectivity index (χ1n) is 5.65. The largest absolute Gasteiger partial charge is 0.508 e. The second-order valence-corrected chi connectivity index (χ2v) is 5.27. The highest BCUT2D eigenvalue weighted by molar-refractivity contribution is 5.52. The monoisotopic (exact) mass is 221 g/mol. The zero-order chi connectivity index (χ0) is 11.9. The molecule has 0 bridgehead atoms.